The Morgan fingerprint density at radius 2 is 1.64 bits per heavy atom. The zero-order valence-corrected chi connectivity index (χ0v) is 15.6. The van der Waals surface area contributed by atoms with Crippen LogP contribution in [0.3, 0.4) is 0 Å². The lowest BCUT2D eigenvalue weighted by atomic mass is 9.93. The van der Waals surface area contributed by atoms with E-state index in [0.717, 1.165) is 18.7 Å². The van der Waals surface area contributed by atoms with Crippen molar-refractivity contribution in [3.05, 3.63) is 42.5 Å². The highest BCUT2D eigenvalue weighted by atomic mass is 16.6. The fraction of sp³-hybridized carbons (Fsp3) is 0.500. The van der Waals surface area contributed by atoms with Crippen LogP contribution in [-0.4, -0.2) is 38.7 Å². The van der Waals surface area contributed by atoms with Crippen LogP contribution in [0, 0.1) is 11.8 Å². The number of rotatable bonds is 10. The van der Waals surface area contributed by atoms with E-state index in [-0.39, 0.29) is 19.1 Å². The van der Waals surface area contributed by atoms with Crippen molar-refractivity contribution in [2.45, 2.75) is 27.2 Å². The van der Waals surface area contributed by atoms with Gasteiger partial charge in [-0.2, -0.15) is 0 Å². The molecular weight excluding hydrogens is 318 g/mol. The summed E-state index contributed by atoms with van der Waals surface area (Å²) in [6.07, 6.45) is 4.70. The first-order valence-corrected chi connectivity index (χ1v) is 8.77. The van der Waals surface area contributed by atoms with E-state index in [2.05, 4.69) is 17.0 Å². The number of anilines is 1. The van der Waals surface area contributed by atoms with Crippen LogP contribution in [0.1, 0.15) is 27.2 Å². The van der Waals surface area contributed by atoms with Crippen LogP contribution in [0.5, 0.6) is 0 Å². The summed E-state index contributed by atoms with van der Waals surface area (Å²) in [5.74, 6) is -2.25. The number of carbonyl (C=O) groups excluding carboxylic acids is 2. The molecule has 5 nitrogen and oxygen atoms in total. The number of benzene rings is 1. The van der Waals surface area contributed by atoms with Gasteiger partial charge in [0.2, 0.25) is 0 Å². The largest absolute Gasteiger partial charge is 0.465 e. The summed E-state index contributed by atoms with van der Waals surface area (Å²) in [5, 5.41) is 0. The van der Waals surface area contributed by atoms with Gasteiger partial charge in [-0.05, 0) is 38.3 Å². The Kier molecular flexibility index (Phi) is 9.37. The molecule has 0 spiro atoms. The van der Waals surface area contributed by atoms with Crippen LogP contribution in [-0.2, 0) is 19.1 Å². The van der Waals surface area contributed by atoms with Gasteiger partial charge in [-0.15, -0.1) is 0 Å². The highest BCUT2D eigenvalue weighted by Gasteiger charge is 2.33. The van der Waals surface area contributed by atoms with Crippen molar-refractivity contribution in [1.82, 2.24) is 0 Å². The Morgan fingerprint density at radius 3 is 2.16 bits per heavy atom. The van der Waals surface area contributed by atoms with Crippen molar-refractivity contribution in [2.24, 2.45) is 11.8 Å². The van der Waals surface area contributed by atoms with Crippen molar-refractivity contribution in [2.75, 3.05) is 31.7 Å². The van der Waals surface area contributed by atoms with Crippen molar-refractivity contribution in [3.63, 3.8) is 0 Å². The van der Waals surface area contributed by atoms with Crippen molar-refractivity contribution in [3.8, 4) is 0 Å². The molecule has 0 saturated carbocycles. The molecule has 0 aliphatic heterocycles. The first kappa shape index (κ1) is 20.7. The fourth-order valence-electron chi connectivity index (χ4n) is 2.49. The average molecular weight is 347 g/mol. The Labute approximate surface area is 150 Å². The van der Waals surface area contributed by atoms with Crippen LogP contribution in [0.25, 0.3) is 0 Å². The van der Waals surface area contributed by atoms with Crippen LogP contribution in [0.15, 0.2) is 42.5 Å². The third-order valence-electron chi connectivity index (χ3n) is 3.87. The topological polar surface area (TPSA) is 55.8 Å². The molecular formula is C20H29NO4. The van der Waals surface area contributed by atoms with E-state index in [1.54, 1.807) is 13.8 Å². The summed E-state index contributed by atoms with van der Waals surface area (Å²) >= 11 is 0. The summed E-state index contributed by atoms with van der Waals surface area (Å²) in [6.45, 7) is 6.60. The molecule has 1 unspecified atom stereocenters. The number of nitrogens with zero attached hydrogens (tertiary/aromatic N) is 1. The van der Waals surface area contributed by atoms with Gasteiger partial charge in [0.05, 0.1) is 13.2 Å². The van der Waals surface area contributed by atoms with E-state index >= 15 is 0 Å². The third kappa shape index (κ3) is 6.99. The average Bonchev–Trinajstić information content (AvgIpc) is 2.60. The molecule has 0 aliphatic rings. The van der Waals surface area contributed by atoms with Gasteiger partial charge >= 0.3 is 11.9 Å². The molecule has 0 amide bonds. The number of allylic oxidation sites excluding steroid dienone is 1. The maximum Gasteiger partial charge on any atom is 0.320 e. The zero-order chi connectivity index (χ0) is 18.7. The number of hydrogen-bond donors (Lipinski definition) is 0. The summed E-state index contributed by atoms with van der Waals surface area (Å²) < 4.78 is 10.0. The second kappa shape index (κ2) is 11.3. The number of hydrogen-bond acceptors (Lipinski definition) is 5. The third-order valence-corrected chi connectivity index (χ3v) is 3.87. The summed E-state index contributed by atoms with van der Waals surface area (Å²) in [6, 6.07) is 10.1. The fourth-order valence-corrected chi connectivity index (χ4v) is 2.49. The van der Waals surface area contributed by atoms with Crippen molar-refractivity contribution in [1.29, 1.82) is 0 Å². The Bertz CT molecular complexity index is 538. The van der Waals surface area contributed by atoms with Gasteiger partial charge in [0, 0.05) is 19.3 Å². The van der Waals surface area contributed by atoms with E-state index < -0.39 is 17.9 Å². The molecule has 0 saturated heterocycles. The molecule has 0 fully saturated rings. The molecule has 0 aromatic heterocycles. The number of esters is 2. The molecule has 0 aliphatic carbocycles. The molecule has 0 N–H and O–H groups in total. The van der Waals surface area contributed by atoms with E-state index in [0.29, 0.717) is 0 Å². The van der Waals surface area contributed by atoms with Crippen LogP contribution < -0.4 is 4.90 Å². The summed E-state index contributed by atoms with van der Waals surface area (Å²) in [7, 11) is 2.03. The van der Waals surface area contributed by atoms with Gasteiger partial charge < -0.3 is 14.4 Å². The van der Waals surface area contributed by atoms with E-state index in [9.17, 15) is 9.59 Å². The minimum atomic E-state index is -0.914. The first-order valence-electron chi connectivity index (χ1n) is 8.77. The predicted octanol–water partition coefficient (Wildman–Crippen LogP) is 3.45. The van der Waals surface area contributed by atoms with E-state index in [4.69, 9.17) is 9.47 Å². The van der Waals surface area contributed by atoms with E-state index in [1.807, 2.05) is 44.3 Å². The molecule has 25 heavy (non-hydrogen) atoms. The molecule has 1 aromatic rings. The van der Waals surface area contributed by atoms with Gasteiger partial charge in [-0.1, -0.05) is 37.3 Å². The van der Waals surface area contributed by atoms with Gasteiger partial charge in [-0.3, -0.25) is 9.59 Å². The number of ether oxygens (including phenoxy) is 2. The Morgan fingerprint density at radius 1 is 1.08 bits per heavy atom. The number of para-hydroxylation sites is 1. The normalized spacial score (nSPS) is 12.2. The monoisotopic (exact) mass is 347 g/mol. The van der Waals surface area contributed by atoms with Crippen LogP contribution in [0.2, 0.25) is 0 Å². The molecule has 1 aromatic carbocycles. The summed E-state index contributed by atoms with van der Waals surface area (Å²) in [4.78, 5) is 26.3. The van der Waals surface area contributed by atoms with Gasteiger partial charge in [0.1, 0.15) is 0 Å². The predicted molar refractivity (Wildman–Crippen MR) is 99.4 cm³/mol. The number of carbonyl (C=O) groups is 2. The van der Waals surface area contributed by atoms with Gasteiger partial charge in [-0.25, -0.2) is 0 Å². The second-order valence-electron chi connectivity index (χ2n) is 5.81. The highest BCUT2D eigenvalue weighted by Crippen LogP contribution is 2.18. The first-order chi connectivity index (χ1) is 12.0. The quantitative estimate of drug-likeness (QED) is 0.369. The second-order valence-corrected chi connectivity index (χ2v) is 5.81. The smallest absolute Gasteiger partial charge is 0.320 e. The Balaban J connectivity index is 2.59. The maximum absolute atomic E-state index is 12.1. The lowest BCUT2D eigenvalue weighted by Gasteiger charge is -2.19. The SMILES string of the molecule is CCOC(=O)C(C(=O)OCC)C(C)/C=C/CCN(C)c1ccccc1. The lowest BCUT2D eigenvalue weighted by molar-refractivity contribution is -0.163. The molecule has 0 radical (unpaired) electrons. The van der Waals surface area contributed by atoms with Gasteiger partial charge in [0.25, 0.3) is 0 Å². The highest BCUT2D eigenvalue weighted by molar-refractivity contribution is 5.95. The molecule has 0 heterocycles. The zero-order valence-electron chi connectivity index (χ0n) is 15.6. The van der Waals surface area contributed by atoms with Gasteiger partial charge in [0.15, 0.2) is 5.92 Å². The molecule has 1 rings (SSSR count). The van der Waals surface area contributed by atoms with Crippen LogP contribution >= 0.6 is 0 Å². The minimum absolute atomic E-state index is 0.243. The Hall–Kier alpha value is -2.30. The minimum Gasteiger partial charge on any atom is -0.465 e. The molecule has 1 atom stereocenters. The standard InChI is InChI=1S/C20H29NO4/c1-5-24-19(22)18(20(23)25-6-2)16(3)12-10-11-15-21(4)17-13-8-7-9-14-17/h7-10,12-14,16,18H,5-6,11,15H2,1-4H3/b12-10+. The maximum atomic E-state index is 12.1. The van der Waals surface area contributed by atoms with Crippen LogP contribution in [0.4, 0.5) is 5.69 Å². The molecule has 0 bridgehead atoms. The lowest BCUT2D eigenvalue weighted by Crippen LogP contribution is -2.32. The van der Waals surface area contributed by atoms with E-state index in [1.165, 1.54) is 0 Å². The van der Waals surface area contributed by atoms with Crippen molar-refractivity contribution >= 4 is 17.6 Å². The summed E-state index contributed by atoms with van der Waals surface area (Å²) in [5.41, 5.74) is 1.15. The van der Waals surface area contributed by atoms with Crippen molar-refractivity contribution < 1.29 is 19.1 Å². The molecule has 138 valence electrons. The molecule has 5 heteroatoms.